The molecule has 6 nitrogen and oxygen atoms in total. The van der Waals surface area contributed by atoms with E-state index in [1.165, 1.54) is 22.7 Å². The lowest BCUT2D eigenvalue weighted by Crippen LogP contribution is -2.44. The van der Waals surface area contributed by atoms with Crippen molar-refractivity contribution in [3.8, 4) is 0 Å². The van der Waals surface area contributed by atoms with Crippen molar-refractivity contribution in [3.63, 3.8) is 0 Å². The van der Waals surface area contributed by atoms with Crippen LogP contribution in [-0.2, 0) is 9.59 Å². The zero-order valence-corrected chi connectivity index (χ0v) is 19.7. The first kappa shape index (κ1) is 22.2. The van der Waals surface area contributed by atoms with Gasteiger partial charge in [0.25, 0.3) is 0 Å². The van der Waals surface area contributed by atoms with Crippen LogP contribution in [0.2, 0.25) is 0 Å². The molecule has 0 spiro atoms. The molecule has 4 aromatic rings. The molecule has 2 aromatic carbocycles. The first-order valence-corrected chi connectivity index (χ1v) is 12.7. The van der Waals surface area contributed by atoms with Gasteiger partial charge in [0.1, 0.15) is 0 Å². The first-order valence-electron chi connectivity index (χ1n) is 10.9. The minimum Gasteiger partial charge on any atom is -0.302 e. The van der Waals surface area contributed by atoms with Crippen LogP contribution in [0.3, 0.4) is 0 Å². The van der Waals surface area contributed by atoms with Crippen molar-refractivity contribution in [2.24, 2.45) is 11.8 Å². The van der Waals surface area contributed by atoms with Gasteiger partial charge in [0.2, 0.25) is 11.8 Å². The maximum atomic E-state index is 13.8. The third-order valence-corrected chi connectivity index (χ3v) is 7.36. The molecule has 4 atom stereocenters. The number of hydrogen-bond acceptors (Lipinski definition) is 6. The predicted molar refractivity (Wildman–Crippen MR) is 136 cm³/mol. The number of carbonyl (C=O) groups is 2. The van der Waals surface area contributed by atoms with Crippen LogP contribution in [0, 0.1) is 11.8 Å². The van der Waals surface area contributed by atoms with Crippen molar-refractivity contribution in [1.29, 1.82) is 0 Å². The summed E-state index contributed by atoms with van der Waals surface area (Å²) in [5.74, 6) is -2.30. The van der Waals surface area contributed by atoms with Gasteiger partial charge in [-0.05, 0) is 11.1 Å². The van der Waals surface area contributed by atoms with E-state index in [2.05, 4.69) is 32.8 Å². The molecule has 2 amide bonds. The summed E-state index contributed by atoms with van der Waals surface area (Å²) in [6.45, 7) is 0. The quantitative estimate of drug-likeness (QED) is 0.350. The van der Waals surface area contributed by atoms with Crippen LogP contribution >= 0.6 is 22.7 Å². The van der Waals surface area contributed by atoms with Gasteiger partial charge in [-0.25, -0.2) is 9.97 Å². The van der Waals surface area contributed by atoms with Crippen molar-refractivity contribution in [1.82, 2.24) is 9.97 Å². The molecule has 2 N–H and O–H groups in total. The zero-order chi connectivity index (χ0) is 23.3. The molecule has 1 aliphatic rings. The fourth-order valence-corrected chi connectivity index (χ4v) is 5.58. The van der Waals surface area contributed by atoms with Gasteiger partial charge >= 0.3 is 0 Å². The molecule has 1 aliphatic carbocycles. The van der Waals surface area contributed by atoms with Gasteiger partial charge < -0.3 is 10.6 Å². The van der Waals surface area contributed by atoms with Crippen molar-refractivity contribution in [2.45, 2.75) is 11.8 Å². The summed E-state index contributed by atoms with van der Waals surface area (Å²) in [7, 11) is 0. The molecule has 0 saturated heterocycles. The summed E-state index contributed by atoms with van der Waals surface area (Å²) in [5.41, 5.74) is 1.97. The average molecular weight is 487 g/mol. The molecule has 0 aliphatic heterocycles. The zero-order valence-electron chi connectivity index (χ0n) is 18.1. The fraction of sp³-hybridized carbons (Fsp3) is 0.154. The summed E-state index contributed by atoms with van der Waals surface area (Å²) < 4.78 is 0. The van der Waals surface area contributed by atoms with E-state index in [0.717, 1.165) is 11.1 Å². The highest BCUT2D eigenvalue weighted by atomic mass is 32.1. The van der Waals surface area contributed by atoms with Crippen molar-refractivity contribution in [3.05, 3.63) is 107 Å². The molecule has 170 valence electrons. The van der Waals surface area contributed by atoms with Gasteiger partial charge in [0.05, 0.1) is 11.8 Å². The van der Waals surface area contributed by atoms with E-state index < -0.39 is 11.8 Å². The molecule has 0 bridgehead atoms. The molecule has 2 heterocycles. The van der Waals surface area contributed by atoms with Gasteiger partial charge in [-0.3, -0.25) is 9.59 Å². The fourth-order valence-electron chi connectivity index (χ4n) is 4.51. The molecule has 5 rings (SSSR count). The number of nitrogens with one attached hydrogen (secondary N) is 2. The second-order valence-electron chi connectivity index (χ2n) is 7.96. The molecule has 2 aromatic heterocycles. The number of allylic oxidation sites excluding steroid dienone is 2. The molecule has 8 heteroatoms. The lowest BCUT2D eigenvalue weighted by Gasteiger charge is -2.38. The van der Waals surface area contributed by atoms with E-state index in [1.54, 1.807) is 12.4 Å². The largest absolute Gasteiger partial charge is 0.302 e. The van der Waals surface area contributed by atoms with Crippen LogP contribution in [0.1, 0.15) is 23.0 Å². The lowest BCUT2D eigenvalue weighted by atomic mass is 9.65. The van der Waals surface area contributed by atoms with Crippen molar-refractivity contribution in [2.75, 3.05) is 10.6 Å². The minimum absolute atomic E-state index is 0.228. The summed E-state index contributed by atoms with van der Waals surface area (Å²) >= 11 is 2.71. The van der Waals surface area contributed by atoms with Gasteiger partial charge in [-0.2, -0.15) is 0 Å². The van der Waals surface area contributed by atoms with Gasteiger partial charge in [0, 0.05) is 35.0 Å². The Morgan fingerprint density at radius 1 is 0.647 bits per heavy atom. The monoisotopic (exact) mass is 486 g/mol. The first-order chi connectivity index (χ1) is 16.7. The normalized spacial score (nSPS) is 21.6. The second kappa shape index (κ2) is 10.1. The van der Waals surface area contributed by atoms with Gasteiger partial charge in [-0.15, -0.1) is 22.7 Å². The highest BCUT2D eigenvalue weighted by Gasteiger charge is 2.46. The number of rotatable bonds is 6. The van der Waals surface area contributed by atoms with E-state index in [4.69, 9.17) is 0 Å². The standard InChI is InChI=1S/C26H22N4O2S2/c31-23(29-25-27-13-15-33-25)21-19(17-7-3-1-4-8-17)11-12-20(18-9-5-2-6-10-18)22(21)24(32)30-26-28-14-16-34-26/h1-16,19-22H,(H,27,29,31)(H,28,30,32)/t19-,20+,21-,22-/m1/s1. The Morgan fingerprint density at radius 3 is 1.41 bits per heavy atom. The number of anilines is 2. The number of aromatic nitrogens is 2. The third kappa shape index (κ3) is 4.69. The van der Waals surface area contributed by atoms with E-state index in [-0.39, 0.29) is 23.7 Å². The Labute approximate surface area is 205 Å². The average Bonchev–Trinajstić information content (AvgIpc) is 3.59. The van der Waals surface area contributed by atoms with E-state index in [0.29, 0.717) is 10.3 Å². The van der Waals surface area contributed by atoms with Crippen LogP contribution in [-0.4, -0.2) is 21.8 Å². The maximum Gasteiger partial charge on any atom is 0.231 e. The van der Waals surface area contributed by atoms with Crippen molar-refractivity contribution >= 4 is 44.8 Å². The van der Waals surface area contributed by atoms with Gasteiger partial charge in [-0.1, -0.05) is 72.8 Å². The summed E-state index contributed by atoms with van der Waals surface area (Å²) in [6.07, 6.45) is 7.42. The highest BCUT2D eigenvalue weighted by Crippen LogP contribution is 2.45. The Hall–Kier alpha value is -3.62. The summed E-state index contributed by atoms with van der Waals surface area (Å²) in [4.78, 5) is 36.0. The van der Waals surface area contributed by atoms with Crippen LogP contribution in [0.5, 0.6) is 0 Å². The van der Waals surface area contributed by atoms with Crippen molar-refractivity contribution < 1.29 is 9.59 Å². The SMILES string of the molecule is O=C(Nc1nccs1)[C@H]1[C@H](C(=O)Nc2nccs2)[C@H](c2ccccc2)C=C[C@@H]1c1ccccc1. The van der Waals surface area contributed by atoms with E-state index >= 15 is 0 Å². The molecule has 34 heavy (non-hydrogen) atoms. The topological polar surface area (TPSA) is 84.0 Å². The minimum atomic E-state index is -0.651. The second-order valence-corrected chi connectivity index (χ2v) is 9.75. The van der Waals surface area contributed by atoms with E-state index in [9.17, 15) is 9.59 Å². The Kier molecular flexibility index (Phi) is 6.60. The Balaban J connectivity index is 1.59. The number of amides is 2. The number of carbonyl (C=O) groups excluding carboxylic acids is 2. The number of benzene rings is 2. The summed E-state index contributed by atoms with van der Waals surface area (Å²) in [6, 6.07) is 19.7. The summed E-state index contributed by atoms with van der Waals surface area (Å²) in [5, 5.41) is 10.5. The Morgan fingerprint density at radius 2 is 1.06 bits per heavy atom. The smallest absolute Gasteiger partial charge is 0.231 e. The molecule has 0 fully saturated rings. The third-order valence-electron chi connectivity index (χ3n) is 5.99. The number of nitrogens with zero attached hydrogens (tertiary/aromatic N) is 2. The number of thiazole rings is 2. The lowest BCUT2D eigenvalue weighted by molar-refractivity contribution is -0.130. The van der Waals surface area contributed by atoms with Crippen LogP contribution in [0.15, 0.2) is 96.0 Å². The molecular formula is C26H22N4O2S2. The maximum absolute atomic E-state index is 13.8. The molecule has 0 radical (unpaired) electrons. The van der Waals surface area contributed by atoms with Crippen LogP contribution in [0.25, 0.3) is 0 Å². The van der Waals surface area contributed by atoms with Crippen LogP contribution in [0.4, 0.5) is 10.3 Å². The molecule has 0 unspecified atom stereocenters. The molecular weight excluding hydrogens is 464 g/mol. The number of hydrogen-bond donors (Lipinski definition) is 2. The Bertz CT molecular complexity index is 1160. The molecule has 0 saturated carbocycles. The van der Waals surface area contributed by atoms with Gasteiger partial charge in [0.15, 0.2) is 10.3 Å². The van der Waals surface area contributed by atoms with Crippen LogP contribution < -0.4 is 10.6 Å². The predicted octanol–water partition coefficient (Wildman–Crippen LogP) is 5.55. The van der Waals surface area contributed by atoms with E-state index in [1.807, 2.05) is 71.4 Å². The highest BCUT2D eigenvalue weighted by molar-refractivity contribution is 7.14.